The van der Waals surface area contributed by atoms with Crippen molar-refractivity contribution in [3.8, 4) is 0 Å². The van der Waals surface area contributed by atoms with Crippen LogP contribution in [0, 0.1) is 0 Å². The van der Waals surface area contributed by atoms with Gasteiger partial charge in [0.15, 0.2) is 0 Å². The lowest BCUT2D eigenvalue weighted by molar-refractivity contribution is 1.09. The van der Waals surface area contributed by atoms with Crippen LogP contribution in [-0.4, -0.2) is 16.0 Å². The summed E-state index contributed by atoms with van der Waals surface area (Å²) in [7, 11) is 0. The van der Waals surface area contributed by atoms with Crippen LogP contribution in [0.3, 0.4) is 0 Å². The largest absolute Gasteiger partial charge is 0.382 e. The van der Waals surface area contributed by atoms with Gasteiger partial charge in [-0.2, -0.15) is 0 Å². The van der Waals surface area contributed by atoms with Crippen LogP contribution in [0.1, 0.15) is 12.8 Å². The van der Waals surface area contributed by atoms with E-state index in [1.807, 2.05) is 0 Å². The van der Waals surface area contributed by atoms with Crippen molar-refractivity contribution in [1.82, 2.24) is 9.97 Å². The molecule has 0 amide bonds. The van der Waals surface area contributed by atoms with Gasteiger partial charge in [-0.15, -0.1) is 0 Å². The van der Waals surface area contributed by atoms with E-state index in [1.165, 1.54) is 19.0 Å². The van der Waals surface area contributed by atoms with Crippen molar-refractivity contribution in [3.05, 3.63) is 12.4 Å². The summed E-state index contributed by atoms with van der Waals surface area (Å²) >= 11 is 0. The zero-order valence-corrected chi connectivity index (χ0v) is 6.12. The smallest absolute Gasteiger partial charge is 0.147 e. The van der Waals surface area contributed by atoms with Gasteiger partial charge in [0.2, 0.25) is 0 Å². The van der Waals surface area contributed by atoms with Crippen LogP contribution in [0.2, 0.25) is 0 Å². The SMILES string of the molecule is Nc1cncc(NC2CC2)n1. The Morgan fingerprint density at radius 1 is 1.45 bits per heavy atom. The number of nitrogens with two attached hydrogens (primary N) is 1. The monoisotopic (exact) mass is 150 g/mol. The molecule has 1 aromatic heterocycles. The quantitative estimate of drug-likeness (QED) is 0.649. The number of nitrogen functional groups attached to an aromatic ring is 1. The highest BCUT2D eigenvalue weighted by molar-refractivity contribution is 5.40. The topological polar surface area (TPSA) is 63.8 Å². The molecule has 0 aromatic carbocycles. The molecule has 0 radical (unpaired) electrons. The van der Waals surface area contributed by atoms with Gasteiger partial charge >= 0.3 is 0 Å². The third-order valence-electron chi connectivity index (χ3n) is 1.58. The van der Waals surface area contributed by atoms with Crippen molar-refractivity contribution in [2.45, 2.75) is 18.9 Å². The normalized spacial score (nSPS) is 16.4. The fraction of sp³-hybridized carbons (Fsp3) is 0.429. The number of aromatic nitrogens is 2. The van der Waals surface area contributed by atoms with Gasteiger partial charge in [0.1, 0.15) is 11.6 Å². The number of anilines is 2. The van der Waals surface area contributed by atoms with Gasteiger partial charge in [0, 0.05) is 6.04 Å². The standard InChI is InChI=1S/C7H10N4/c8-6-3-9-4-7(11-6)10-5-1-2-5/h3-5H,1-2H2,(H3,8,10,11). The fourth-order valence-corrected chi connectivity index (χ4v) is 0.887. The Bertz CT molecular complexity index is 256. The minimum atomic E-state index is 0.468. The first-order valence-corrected chi connectivity index (χ1v) is 3.68. The van der Waals surface area contributed by atoms with Crippen LogP contribution in [0.4, 0.5) is 11.6 Å². The van der Waals surface area contributed by atoms with Gasteiger partial charge in [-0.3, -0.25) is 4.98 Å². The first kappa shape index (κ1) is 6.39. The molecule has 11 heavy (non-hydrogen) atoms. The van der Waals surface area contributed by atoms with Crippen LogP contribution in [0.25, 0.3) is 0 Å². The minimum Gasteiger partial charge on any atom is -0.382 e. The van der Waals surface area contributed by atoms with Crippen molar-refractivity contribution in [3.63, 3.8) is 0 Å². The molecule has 1 aliphatic rings. The van der Waals surface area contributed by atoms with E-state index in [0.29, 0.717) is 11.9 Å². The maximum Gasteiger partial charge on any atom is 0.147 e. The van der Waals surface area contributed by atoms with Crippen molar-refractivity contribution in [2.75, 3.05) is 11.1 Å². The number of nitrogens with one attached hydrogen (secondary N) is 1. The lowest BCUT2D eigenvalue weighted by Gasteiger charge is -2.01. The molecule has 1 aromatic rings. The Morgan fingerprint density at radius 2 is 2.27 bits per heavy atom. The summed E-state index contributed by atoms with van der Waals surface area (Å²) < 4.78 is 0. The molecular weight excluding hydrogens is 140 g/mol. The molecular formula is C7H10N4. The molecule has 0 atom stereocenters. The summed E-state index contributed by atoms with van der Waals surface area (Å²) in [6.45, 7) is 0. The number of nitrogens with zero attached hydrogens (tertiary/aromatic N) is 2. The second-order valence-electron chi connectivity index (χ2n) is 2.75. The van der Waals surface area contributed by atoms with Crippen molar-refractivity contribution < 1.29 is 0 Å². The van der Waals surface area contributed by atoms with E-state index in [-0.39, 0.29) is 0 Å². The van der Waals surface area contributed by atoms with E-state index in [9.17, 15) is 0 Å². The summed E-state index contributed by atoms with van der Waals surface area (Å²) in [5, 5.41) is 3.20. The van der Waals surface area contributed by atoms with Crippen molar-refractivity contribution in [1.29, 1.82) is 0 Å². The molecule has 1 aliphatic carbocycles. The van der Waals surface area contributed by atoms with E-state index >= 15 is 0 Å². The van der Waals surface area contributed by atoms with E-state index in [4.69, 9.17) is 5.73 Å². The molecule has 1 heterocycles. The maximum absolute atomic E-state index is 5.44. The van der Waals surface area contributed by atoms with Crippen LogP contribution in [-0.2, 0) is 0 Å². The molecule has 0 unspecified atom stereocenters. The van der Waals surface area contributed by atoms with E-state index in [1.54, 1.807) is 6.20 Å². The van der Waals surface area contributed by atoms with Gasteiger partial charge in [-0.05, 0) is 12.8 Å². The molecule has 1 fully saturated rings. The van der Waals surface area contributed by atoms with E-state index < -0.39 is 0 Å². The molecule has 4 heteroatoms. The third kappa shape index (κ3) is 1.58. The lowest BCUT2D eigenvalue weighted by atomic mass is 10.6. The molecule has 3 N–H and O–H groups in total. The van der Waals surface area contributed by atoms with E-state index in [0.717, 1.165) is 5.82 Å². The molecule has 1 saturated carbocycles. The van der Waals surface area contributed by atoms with Crippen molar-refractivity contribution in [2.24, 2.45) is 0 Å². The fourth-order valence-electron chi connectivity index (χ4n) is 0.887. The molecule has 0 bridgehead atoms. The van der Waals surface area contributed by atoms with Gasteiger partial charge < -0.3 is 11.1 Å². The Morgan fingerprint density at radius 3 is 2.91 bits per heavy atom. The molecule has 0 aliphatic heterocycles. The lowest BCUT2D eigenvalue weighted by Crippen LogP contribution is -2.04. The maximum atomic E-state index is 5.44. The Kier molecular flexibility index (Phi) is 1.38. The summed E-state index contributed by atoms with van der Waals surface area (Å²) in [5.41, 5.74) is 5.44. The predicted molar refractivity (Wildman–Crippen MR) is 43.1 cm³/mol. The Labute approximate surface area is 64.8 Å². The summed E-state index contributed by atoms with van der Waals surface area (Å²) in [6, 6.07) is 0.603. The van der Waals surface area contributed by atoms with Gasteiger partial charge in [0.05, 0.1) is 12.4 Å². The first-order chi connectivity index (χ1) is 5.34. The van der Waals surface area contributed by atoms with Crippen LogP contribution in [0.5, 0.6) is 0 Å². The van der Waals surface area contributed by atoms with Crippen LogP contribution in [0.15, 0.2) is 12.4 Å². The predicted octanol–water partition coefficient (Wildman–Crippen LogP) is 0.633. The zero-order valence-electron chi connectivity index (χ0n) is 6.12. The molecule has 0 spiro atoms. The first-order valence-electron chi connectivity index (χ1n) is 3.68. The highest BCUT2D eigenvalue weighted by Gasteiger charge is 2.21. The third-order valence-corrected chi connectivity index (χ3v) is 1.58. The van der Waals surface area contributed by atoms with Crippen LogP contribution >= 0.6 is 0 Å². The highest BCUT2D eigenvalue weighted by Crippen LogP contribution is 2.23. The summed E-state index contributed by atoms with van der Waals surface area (Å²) in [6.07, 6.45) is 5.69. The van der Waals surface area contributed by atoms with Crippen LogP contribution < -0.4 is 11.1 Å². The summed E-state index contributed by atoms with van der Waals surface area (Å²) in [4.78, 5) is 7.97. The van der Waals surface area contributed by atoms with Crippen molar-refractivity contribution >= 4 is 11.6 Å². The highest BCUT2D eigenvalue weighted by atomic mass is 15.1. The summed E-state index contributed by atoms with van der Waals surface area (Å²) in [5.74, 6) is 1.25. The van der Waals surface area contributed by atoms with Gasteiger partial charge in [-0.1, -0.05) is 0 Å². The number of hydrogen-bond donors (Lipinski definition) is 2. The minimum absolute atomic E-state index is 0.468. The molecule has 58 valence electrons. The average Bonchev–Trinajstić information content (AvgIpc) is 2.71. The molecule has 0 saturated heterocycles. The zero-order chi connectivity index (χ0) is 7.68. The average molecular weight is 150 g/mol. The Balaban J connectivity index is 2.10. The number of rotatable bonds is 2. The Hall–Kier alpha value is -1.32. The number of hydrogen-bond acceptors (Lipinski definition) is 4. The second-order valence-corrected chi connectivity index (χ2v) is 2.75. The second kappa shape index (κ2) is 2.38. The van der Waals surface area contributed by atoms with Gasteiger partial charge in [0.25, 0.3) is 0 Å². The van der Waals surface area contributed by atoms with E-state index in [2.05, 4.69) is 15.3 Å². The molecule has 2 rings (SSSR count). The molecule has 4 nitrogen and oxygen atoms in total. The van der Waals surface area contributed by atoms with Gasteiger partial charge in [-0.25, -0.2) is 4.98 Å².